The van der Waals surface area contributed by atoms with E-state index in [1.54, 1.807) is 18.2 Å². The van der Waals surface area contributed by atoms with Crippen molar-refractivity contribution in [2.45, 2.75) is 13.0 Å². The van der Waals surface area contributed by atoms with Crippen LogP contribution in [-0.4, -0.2) is 15.3 Å². The monoisotopic (exact) mass is 460 g/mol. The Balaban J connectivity index is 1.66. The Morgan fingerprint density at radius 3 is 2.42 bits per heavy atom. The highest BCUT2D eigenvalue weighted by molar-refractivity contribution is 7.80. The van der Waals surface area contributed by atoms with Gasteiger partial charge in [-0.1, -0.05) is 35.5 Å². The van der Waals surface area contributed by atoms with E-state index in [-0.39, 0.29) is 17.5 Å². The molecule has 0 bridgehead atoms. The number of rotatable bonds is 4. The molecule has 1 aliphatic heterocycles. The Morgan fingerprint density at radius 1 is 0.939 bits per heavy atom. The average molecular weight is 461 g/mol. The first-order chi connectivity index (χ1) is 16.0. The van der Waals surface area contributed by atoms with Crippen LogP contribution in [0.25, 0.3) is 17.0 Å². The van der Waals surface area contributed by atoms with Gasteiger partial charge in [-0.2, -0.15) is 4.98 Å². The highest BCUT2D eigenvalue weighted by Gasteiger charge is 2.34. The lowest BCUT2D eigenvalue weighted by Crippen LogP contribution is -2.46. The SMILES string of the molecule is CC1=C(c2nc(-c3ccc(F)cc3)no2)C(c2cccc(F)c2)NC(=S)N1c1ccccc1. The fourth-order valence-electron chi connectivity index (χ4n) is 3.89. The lowest BCUT2D eigenvalue weighted by Gasteiger charge is -2.37. The molecular formula is C25H18F2N4OS. The number of nitrogens with one attached hydrogen (secondary N) is 1. The third-order valence-corrected chi connectivity index (χ3v) is 5.74. The zero-order valence-electron chi connectivity index (χ0n) is 17.5. The number of benzene rings is 3. The summed E-state index contributed by atoms with van der Waals surface area (Å²) in [6.07, 6.45) is 0. The van der Waals surface area contributed by atoms with Crippen LogP contribution in [0, 0.1) is 11.6 Å². The fourth-order valence-corrected chi connectivity index (χ4v) is 4.25. The van der Waals surface area contributed by atoms with Gasteiger partial charge in [-0.3, -0.25) is 4.90 Å². The molecule has 33 heavy (non-hydrogen) atoms. The van der Waals surface area contributed by atoms with Crippen molar-refractivity contribution in [2.24, 2.45) is 0 Å². The van der Waals surface area contributed by atoms with Crippen LogP contribution in [0.2, 0.25) is 0 Å². The summed E-state index contributed by atoms with van der Waals surface area (Å²) in [6.45, 7) is 1.91. The fraction of sp³-hybridized carbons (Fsp3) is 0.0800. The largest absolute Gasteiger partial charge is 0.351 e. The molecule has 3 aromatic carbocycles. The summed E-state index contributed by atoms with van der Waals surface area (Å²) in [5.74, 6) is -0.129. The van der Waals surface area contributed by atoms with E-state index in [9.17, 15) is 8.78 Å². The van der Waals surface area contributed by atoms with Crippen LogP contribution in [0.5, 0.6) is 0 Å². The van der Waals surface area contributed by atoms with Crippen molar-refractivity contribution in [3.05, 3.63) is 108 Å². The normalized spacial score (nSPS) is 16.2. The molecule has 4 aromatic rings. The summed E-state index contributed by atoms with van der Waals surface area (Å²) >= 11 is 5.68. The molecule has 0 aliphatic carbocycles. The first-order valence-electron chi connectivity index (χ1n) is 10.2. The predicted molar refractivity (Wildman–Crippen MR) is 126 cm³/mol. The predicted octanol–water partition coefficient (Wildman–Crippen LogP) is 5.88. The quantitative estimate of drug-likeness (QED) is 0.384. The number of anilines is 1. The molecule has 0 saturated carbocycles. The molecule has 1 aliphatic rings. The Kier molecular flexibility index (Phi) is 5.43. The lowest BCUT2D eigenvalue weighted by atomic mass is 9.94. The number of hydrogen-bond donors (Lipinski definition) is 1. The van der Waals surface area contributed by atoms with Crippen molar-refractivity contribution in [3.63, 3.8) is 0 Å². The van der Waals surface area contributed by atoms with Crippen LogP contribution in [0.15, 0.2) is 89.1 Å². The number of halogens is 2. The minimum Gasteiger partial charge on any atom is -0.351 e. The number of allylic oxidation sites excluding steroid dienone is 1. The first-order valence-corrected chi connectivity index (χ1v) is 10.6. The van der Waals surface area contributed by atoms with E-state index >= 15 is 0 Å². The lowest BCUT2D eigenvalue weighted by molar-refractivity contribution is 0.404. The molecule has 0 saturated heterocycles. The zero-order chi connectivity index (χ0) is 22.9. The van der Waals surface area contributed by atoms with E-state index in [1.165, 1.54) is 24.3 Å². The van der Waals surface area contributed by atoms with Crippen LogP contribution in [-0.2, 0) is 0 Å². The van der Waals surface area contributed by atoms with Gasteiger partial charge in [0.05, 0.1) is 11.6 Å². The van der Waals surface area contributed by atoms with Crippen molar-refractivity contribution >= 4 is 28.6 Å². The van der Waals surface area contributed by atoms with Gasteiger partial charge in [0.1, 0.15) is 11.6 Å². The molecule has 0 amide bonds. The van der Waals surface area contributed by atoms with E-state index in [0.717, 1.165) is 11.4 Å². The van der Waals surface area contributed by atoms with E-state index in [1.807, 2.05) is 48.2 Å². The standard InChI is InChI=1S/C25H18F2N4OS/c1-15-21(24-29-23(30-32-24)16-10-12-18(26)13-11-16)22(17-6-5-7-19(27)14-17)28-25(33)31(15)20-8-3-2-4-9-20/h2-14,22H,1H3,(H,28,33). The molecule has 1 atom stereocenters. The number of thiocarbonyl (C=S) groups is 1. The second-order valence-electron chi connectivity index (χ2n) is 7.54. The van der Waals surface area contributed by atoms with Crippen LogP contribution in [0.4, 0.5) is 14.5 Å². The van der Waals surface area contributed by atoms with Crippen molar-refractivity contribution < 1.29 is 13.3 Å². The molecule has 164 valence electrons. The summed E-state index contributed by atoms with van der Waals surface area (Å²) in [4.78, 5) is 6.45. The van der Waals surface area contributed by atoms with Gasteiger partial charge in [-0.05, 0) is 73.2 Å². The zero-order valence-corrected chi connectivity index (χ0v) is 18.3. The van der Waals surface area contributed by atoms with Gasteiger partial charge < -0.3 is 9.84 Å². The summed E-state index contributed by atoms with van der Waals surface area (Å²) in [5.41, 5.74) is 3.58. The van der Waals surface area contributed by atoms with Gasteiger partial charge in [-0.15, -0.1) is 0 Å². The third-order valence-electron chi connectivity index (χ3n) is 5.44. The first kappa shape index (κ1) is 21.0. The van der Waals surface area contributed by atoms with Crippen molar-refractivity contribution in [1.82, 2.24) is 15.5 Å². The summed E-state index contributed by atoms with van der Waals surface area (Å²) in [7, 11) is 0. The second kappa shape index (κ2) is 8.55. The van der Waals surface area contributed by atoms with E-state index in [4.69, 9.17) is 16.7 Å². The number of nitrogens with zero attached hydrogens (tertiary/aromatic N) is 3. The number of para-hydroxylation sites is 1. The van der Waals surface area contributed by atoms with Gasteiger partial charge in [0, 0.05) is 16.9 Å². The van der Waals surface area contributed by atoms with Crippen LogP contribution in [0.3, 0.4) is 0 Å². The molecule has 0 radical (unpaired) electrons. The molecule has 2 heterocycles. The van der Waals surface area contributed by atoms with Gasteiger partial charge in [0.2, 0.25) is 5.82 Å². The van der Waals surface area contributed by atoms with Gasteiger partial charge in [0.15, 0.2) is 5.11 Å². The Labute approximate surface area is 194 Å². The molecule has 0 spiro atoms. The third kappa shape index (κ3) is 4.01. The van der Waals surface area contributed by atoms with Gasteiger partial charge in [0.25, 0.3) is 5.89 Å². The van der Waals surface area contributed by atoms with Crippen LogP contribution >= 0.6 is 12.2 Å². The molecule has 0 fully saturated rings. The summed E-state index contributed by atoms with van der Waals surface area (Å²) < 4.78 is 33.1. The highest BCUT2D eigenvalue weighted by atomic mass is 32.1. The van der Waals surface area contributed by atoms with Crippen molar-refractivity contribution in [3.8, 4) is 11.4 Å². The molecular weight excluding hydrogens is 442 g/mol. The van der Waals surface area contributed by atoms with Crippen LogP contribution in [0.1, 0.15) is 24.4 Å². The molecule has 1 N–H and O–H groups in total. The molecule has 5 rings (SSSR count). The van der Waals surface area contributed by atoms with E-state index < -0.39 is 6.04 Å². The topological polar surface area (TPSA) is 54.2 Å². The maximum Gasteiger partial charge on any atom is 0.258 e. The van der Waals surface area contributed by atoms with Crippen molar-refractivity contribution in [2.75, 3.05) is 4.90 Å². The molecule has 8 heteroatoms. The highest BCUT2D eigenvalue weighted by Crippen LogP contribution is 2.39. The second-order valence-corrected chi connectivity index (χ2v) is 7.92. The molecule has 1 unspecified atom stereocenters. The van der Waals surface area contributed by atoms with E-state index in [0.29, 0.717) is 27.6 Å². The minimum absolute atomic E-state index is 0.261. The minimum atomic E-state index is -0.505. The Bertz CT molecular complexity index is 1350. The molecule has 1 aromatic heterocycles. The smallest absolute Gasteiger partial charge is 0.258 e. The van der Waals surface area contributed by atoms with Gasteiger partial charge >= 0.3 is 0 Å². The maximum absolute atomic E-state index is 14.1. The number of aromatic nitrogens is 2. The Morgan fingerprint density at radius 2 is 1.70 bits per heavy atom. The summed E-state index contributed by atoms with van der Waals surface area (Å²) in [5, 5.41) is 7.86. The van der Waals surface area contributed by atoms with E-state index in [2.05, 4.69) is 15.5 Å². The van der Waals surface area contributed by atoms with Crippen molar-refractivity contribution in [1.29, 1.82) is 0 Å². The average Bonchev–Trinajstić information content (AvgIpc) is 3.29. The Hall–Kier alpha value is -3.91. The van der Waals surface area contributed by atoms with Crippen LogP contribution < -0.4 is 10.2 Å². The number of hydrogen-bond acceptors (Lipinski definition) is 4. The molecule has 5 nitrogen and oxygen atoms in total. The summed E-state index contributed by atoms with van der Waals surface area (Å²) in [6, 6.07) is 21.3. The van der Waals surface area contributed by atoms with Gasteiger partial charge in [-0.25, -0.2) is 8.78 Å². The maximum atomic E-state index is 14.1.